The van der Waals surface area contributed by atoms with Crippen LogP contribution in [0.15, 0.2) is 61.3 Å². The van der Waals surface area contributed by atoms with Crippen molar-refractivity contribution in [3.05, 3.63) is 78.1 Å². The van der Waals surface area contributed by atoms with E-state index in [1.165, 1.54) is 0 Å². The third-order valence-electron chi connectivity index (χ3n) is 5.52. The van der Waals surface area contributed by atoms with E-state index in [2.05, 4.69) is 16.1 Å². The summed E-state index contributed by atoms with van der Waals surface area (Å²) < 4.78 is 26.5. The first-order chi connectivity index (χ1) is 16.4. The first kappa shape index (κ1) is 25.2. The zero-order chi connectivity index (χ0) is 24.5. The number of halogens is 1. The number of aryl methyl sites for hydroxylation is 1. The molecule has 3 rings (SSSR count). The number of para-hydroxylation sites is 1. The van der Waals surface area contributed by atoms with Crippen molar-refractivity contribution >= 4 is 11.8 Å². The minimum atomic E-state index is -0.459. The highest BCUT2D eigenvalue weighted by Gasteiger charge is 2.14. The summed E-state index contributed by atoms with van der Waals surface area (Å²) in [7, 11) is 0. The van der Waals surface area contributed by atoms with E-state index >= 15 is 0 Å². The highest BCUT2D eigenvalue weighted by Crippen LogP contribution is 2.26. The van der Waals surface area contributed by atoms with Gasteiger partial charge in [-0.25, -0.2) is 9.37 Å². The second-order valence-electron chi connectivity index (χ2n) is 8.16. The standard InChI is InChI=1S/C27H32FN3O3/c1-4-33-26(32)16-24(29)9-7-15-34-25-10-6-5-8-23(25)18-31-19(2)17-30-27(31)22-13-11-21(12-14-22)20(3)28/h5-6,8,10-14,17,24H,3-4,7,9,15-16,18,29H2,1-2H3/t24-/m1/s1. The Kier molecular flexibility index (Phi) is 8.99. The normalized spacial score (nSPS) is 11.8. The molecular formula is C27H32FN3O3. The van der Waals surface area contributed by atoms with Crippen LogP contribution in [0.1, 0.15) is 43.0 Å². The van der Waals surface area contributed by atoms with Crippen LogP contribution in [0.4, 0.5) is 4.39 Å². The SMILES string of the molecule is C=C(F)c1ccc(-c2ncc(C)n2Cc2ccccc2OCCC[C@@H](N)CC(=O)OCC)cc1. The maximum atomic E-state index is 13.4. The van der Waals surface area contributed by atoms with E-state index in [0.29, 0.717) is 31.7 Å². The minimum Gasteiger partial charge on any atom is -0.493 e. The Labute approximate surface area is 200 Å². The fourth-order valence-electron chi connectivity index (χ4n) is 3.70. The summed E-state index contributed by atoms with van der Waals surface area (Å²) in [6.45, 7) is 8.57. The summed E-state index contributed by atoms with van der Waals surface area (Å²) in [5.41, 5.74) is 9.41. The Bertz CT molecular complexity index is 1110. The van der Waals surface area contributed by atoms with Crippen LogP contribution in [0.5, 0.6) is 5.75 Å². The molecule has 1 atom stereocenters. The molecule has 2 N–H and O–H groups in total. The third-order valence-corrected chi connectivity index (χ3v) is 5.52. The molecule has 0 fully saturated rings. The van der Waals surface area contributed by atoms with Gasteiger partial charge in [0.25, 0.3) is 0 Å². The number of carbonyl (C=O) groups excluding carboxylic acids is 1. The van der Waals surface area contributed by atoms with Crippen molar-refractivity contribution in [2.45, 2.75) is 45.7 Å². The molecule has 7 heteroatoms. The van der Waals surface area contributed by atoms with Crippen LogP contribution < -0.4 is 10.5 Å². The van der Waals surface area contributed by atoms with Gasteiger partial charge in [-0.15, -0.1) is 0 Å². The maximum absolute atomic E-state index is 13.4. The van der Waals surface area contributed by atoms with Gasteiger partial charge < -0.3 is 19.8 Å². The van der Waals surface area contributed by atoms with Gasteiger partial charge in [0.2, 0.25) is 0 Å². The summed E-state index contributed by atoms with van der Waals surface area (Å²) in [5, 5.41) is 0. The van der Waals surface area contributed by atoms with Crippen molar-refractivity contribution in [1.29, 1.82) is 0 Å². The number of hydrogen-bond acceptors (Lipinski definition) is 5. The molecule has 0 saturated heterocycles. The number of nitrogens with zero attached hydrogens (tertiary/aromatic N) is 2. The van der Waals surface area contributed by atoms with E-state index in [9.17, 15) is 9.18 Å². The lowest BCUT2D eigenvalue weighted by Gasteiger charge is -2.16. The van der Waals surface area contributed by atoms with Gasteiger partial charge in [-0.1, -0.05) is 49.0 Å². The Balaban J connectivity index is 1.65. The van der Waals surface area contributed by atoms with Crippen molar-refractivity contribution in [2.24, 2.45) is 5.73 Å². The summed E-state index contributed by atoms with van der Waals surface area (Å²) in [5.74, 6) is 0.869. The molecule has 180 valence electrons. The first-order valence-corrected chi connectivity index (χ1v) is 11.5. The quantitative estimate of drug-likeness (QED) is 0.291. The van der Waals surface area contributed by atoms with Crippen LogP contribution in [-0.4, -0.2) is 34.8 Å². The Morgan fingerprint density at radius 3 is 2.65 bits per heavy atom. The lowest BCUT2D eigenvalue weighted by atomic mass is 10.1. The van der Waals surface area contributed by atoms with Gasteiger partial charge in [-0.3, -0.25) is 4.79 Å². The lowest BCUT2D eigenvalue weighted by molar-refractivity contribution is -0.143. The number of nitrogens with two attached hydrogens (primary N) is 1. The molecule has 34 heavy (non-hydrogen) atoms. The molecule has 0 unspecified atom stereocenters. The van der Waals surface area contributed by atoms with Crippen LogP contribution in [0.2, 0.25) is 0 Å². The molecule has 0 radical (unpaired) electrons. The monoisotopic (exact) mass is 465 g/mol. The van der Waals surface area contributed by atoms with E-state index in [4.69, 9.17) is 15.2 Å². The average Bonchev–Trinajstić information content (AvgIpc) is 3.18. The van der Waals surface area contributed by atoms with Crippen molar-refractivity contribution < 1.29 is 18.7 Å². The lowest BCUT2D eigenvalue weighted by Crippen LogP contribution is -2.25. The fourth-order valence-corrected chi connectivity index (χ4v) is 3.70. The summed E-state index contributed by atoms with van der Waals surface area (Å²) >= 11 is 0. The predicted molar refractivity (Wildman–Crippen MR) is 132 cm³/mol. The molecule has 0 bridgehead atoms. The summed E-state index contributed by atoms with van der Waals surface area (Å²) in [6, 6.07) is 14.8. The van der Waals surface area contributed by atoms with Crippen LogP contribution >= 0.6 is 0 Å². The second kappa shape index (κ2) is 12.1. The van der Waals surface area contributed by atoms with E-state index in [1.807, 2.05) is 49.5 Å². The number of esters is 1. The van der Waals surface area contributed by atoms with E-state index in [0.717, 1.165) is 34.8 Å². The van der Waals surface area contributed by atoms with Crippen LogP contribution in [0.3, 0.4) is 0 Å². The molecule has 6 nitrogen and oxygen atoms in total. The maximum Gasteiger partial charge on any atom is 0.307 e. The number of carbonyl (C=O) groups is 1. The smallest absolute Gasteiger partial charge is 0.307 e. The zero-order valence-corrected chi connectivity index (χ0v) is 19.8. The van der Waals surface area contributed by atoms with Crippen molar-refractivity contribution in [3.63, 3.8) is 0 Å². The number of hydrogen-bond donors (Lipinski definition) is 1. The number of ether oxygens (including phenoxy) is 2. The third kappa shape index (κ3) is 6.78. The van der Waals surface area contributed by atoms with Gasteiger partial charge in [0.15, 0.2) is 0 Å². The molecule has 2 aromatic carbocycles. The Hall–Kier alpha value is -3.45. The first-order valence-electron chi connectivity index (χ1n) is 11.5. The predicted octanol–water partition coefficient (Wildman–Crippen LogP) is 5.29. The number of benzene rings is 2. The zero-order valence-electron chi connectivity index (χ0n) is 19.8. The molecule has 0 aliphatic carbocycles. The van der Waals surface area contributed by atoms with Crippen molar-refractivity contribution in [3.8, 4) is 17.1 Å². The van der Waals surface area contributed by atoms with Crippen LogP contribution in [0.25, 0.3) is 17.2 Å². The Morgan fingerprint density at radius 1 is 1.21 bits per heavy atom. The van der Waals surface area contributed by atoms with E-state index < -0.39 is 5.83 Å². The van der Waals surface area contributed by atoms with Gasteiger partial charge >= 0.3 is 5.97 Å². The molecule has 0 saturated carbocycles. The molecule has 0 amide bonds. The van der Waals surface area contributed by atoms with Crippen molar-refractivity contribution in [2.75, 3.05) is 13.2 Å². The fraction of sp³-hybridized carbons (Fsp3) is 0.333. The van der Waals surface area contributed by atoms with E-state index in [-0.39, 0.29) is 18.4 Å². The number of rotatable bonds is 12. The molecular weight excluding hydrogens is 433 g/mol. The van der Waals surface area contributed by atoms with E-state index in [1.54, 1.807) is 19.1 Å². The van der Waals surface area contributed by atoms with Crippen LogP contribution in [0, 0.1) is 6.92 Å². The highest BCUT2D eigenvalue weighted by molar-refractivity contribution is 5.70. The number of aromatic nitrogens is 2. The minimum absolute atomic E-state index is 0.216. The molecule has 1 aromatic heterocycles. The van der Waals surface area contributed by atoms with Crippen LogP contribution in [-0.2, 0) is 16.1 Å². The highest BCUT2D eigenvalue weighted by atomic mass is 19.1. The average molecular weight is 466 g/mol. The van der Waals surface area contributed by atoms with Gasteiger partial charge in [-0.05, 0) is 32.8 Å². The summed E-state index contributed by atoms with van der Waals surface area (Å²) in [4.78, 5) is 16.1. The Morgan fingerprint density at radius 2 is 1.94 bits per heavy atom. The largest absolute Gasteiger partial charge is 0.493 e. The summed E-state index contributed by atoms with van der Waals surface area (Å²) in [6.07, 6.45) is 3.45. The molecule has 0 aliphatic rings. The van der Waals surface area contributed by atoms with Gasteiger partial charge in [0, 0.05) is 34.6 Å². The van der Waals surface area contributed by atoms with Crippen molar-refractivity contribution in [1.82, 2.24) is 9.55 Å². The van der Waals surface area contributed by atoms with Gasteiger partial charge in [0.1, 0.15) is 17.4 Å². The van der Waals surface area contributed by atoms with Gasteiger partial charge in [0.05, 0.1) is 26.2 Å². The molecule has 0 spiro atoms. The molecule has 0 aliphatic heterocycles. The molecule has 3 aromatic rings. The second-order valence-corrected chi connectivity index (χ2v) is 8.16. The number of imidazole rings is 1. The molecule has 1 heterocycles. The van der Waals surface area contributed by atoms with Gasteiger partial charge in [-0.2, -0.15) is 0 Å². The topological polar surface area (TPSA) is 79.4 Å².